The Morgan fingerprint density at radius 2 is 2.21 bits per heavy atom. The fraction of sp³-hybridized carbons (Fsp3) is 0.923. The van der Waals surface area contributed by atoms with Crippen molar-refractivity contribution < 1.29 is 14.3 Å². The Hall–Kier alpha value is -0.300. The smallest absolute Gasteiger partial charge is 0.239 e. The van der Waals surface area contributed by atoms with Crippen molar-refractivity contribution in [1.82, 2.24) is 4.90 Å². The van der Waals surface area contributed by atoms with Gasteiger partial charge in [-0.15, -0.1) is 0 Å². The SMILES string of the molecule is CSCC[C@H](N)C(=O)N1CCO[C@H]([C@@H]2CCCO2)C1. The van der Waals surface area contributed by atoms with Crippen molar-refractivity contribution in [1.29, 1.82) is 0 Å². The molecule has 2 aliphatic rings. The summed E-state index contributed by atoms with van der Waals surface area (Å²) in [5.74, 6) is 0.979. The number of morpholine rings is 1. The van der Waals surface area contributed by atoms with Crippen LogP contribution in [0, 0.1) is 0 Å². The number of carbonyl (C=O) groups is 1. The van der Waals surface area contributed by atoms with Gasteiger partial charge < -0.3 is 20.1 Å². The summed E-state index contributed by atoms with van der Waals surface area (Å²) >= 11 is 1.72. The zero-order chi connectivity index (χ0) is 13.7. The summed E-state index contributed by atoms with van der Waals surface area (Å²) in [5, 5.41) is 0. The lowest BCUT2D eigenvalue weighted by Crippen LogP contribution is -2.54. The predicted molar refractivity (Wildman–Crippen MR) is 76.3 cm³/mol. The molecule has 2 heterocycles. The molecule has 6 heteroatoms. The molecule has 0 aromatic rings. The molecule has 5 nitrogen and oxygen atoms in total. The van der Waals surface area contributed by atoms with Gasteiger partial charge in [-0.2, -0.15) is 11.8 Å². The average molecular weight is 288 g/mol. The standard InChI is InChI=1S/C13H24N2O3S/c1-19-8-4-10(14)13(16)15-5-7-18-12(9-15)11-3-2-6-17-11/h10-12H,2-9,14H2,1H3/t10-,11-,12-/m0/s1. The van der Waals surface area contributed by atoms with Gasteiger partial charge >= 0.3 is 0 Å². The van der Waals surface area contributed by atoms with Gasteiger partial charge in [-0.25, -0.2) is 0 Å². The molecule has 19 heavy (non-hydrogen) atoms. The van der Waals surface area contributed by atoms with Crippen molar-refractivity contribution in [3.8, 4) is 0 Å². The van der Waals surface area contributed by atoms with Crippen LogP contribution in [0.4, 0.5) is 0 Å². The number of rotatable bonds is 5. The Bertz CT molecular complexity index is 298. The first-order chi connectivity index (χ1) is 9.22. The van der Waals surface area contributed by atoms with Crippen molar-refractivity contribution in [2.45, 2.75) is 37.5 Å². The molecule has 110 valence electrons. The van der Waals surface area contributed by atoms with E-state index in [0.29, 0.717) is 19.7 Å². The Kier molecular flexibility index (Phi) is 5.94. The highest BCUT2D eigenvalue weighted by molar-refractivity contribution is 7.98. The highest BCUT2D eigenvalue weighted by atomic mass is 32.2. The van der Waals surface area contributed by atoms with E-state index in [1.54, 1.807) is 11.8 Å². The van der Waals surface area contributed by atoms with Gasteiger partial charge in [-0.3, -0.25) is 4.79 Å². The lowest BCUT2D eigenvalue weighted by molar-refractivity contribution is -0.146. The second kappa shape index (κ2) is 7.47. The number of hydrogen-bond acceptors (Lipinski definition) is 5. The van der Waals surface area contributed by atoms with Crippen LogP contribution in [0.15, 0.2) is 0 Å². The van der Waals surface area contributed by atoms with Crippen molar-refractivity contribution >= 4 is 17.7 Å². The van der Waals surface area contributed by atoms with Crippen molar-refractivity contribution in [2.75, 3.05) is 38.3 Å². The number of nitrogens with zero attached hydrogens (tertiary/aromatic N) is 1. The summed E-state index contributed by atoms with van der Waals surface area (Å²) in [6, 6.07) is -0.379. The quantitative estimate of drug-likeness (QED) is 0.797. The van der Waals surface area contributed by atoms with Gasteiger partial charge in [0.1, 0.15) is 6.10 Å². The molecule has 0 radical (unpaired) electrons. The fourth-order valence-electron chi connectivity index (χ4n) is 2.60. The van der Waals surface area contributed by atoms with Crippen LogP contribution in [-0.2, 0) is 14.3 Å². The average Bonchev–Trinajstić information content (AvgIpc) is 2.98. The minimum atomic E-state index is -0.379. The number of amides is 1. The van der Waals surface area contributed by atoms with Crippen LogP contribution in [0.25, 0.3) is 0 Å². The lowest BCUT2D eigenvalue weighted by Gasteiger charge is -2.36. The summed E-state index contributed by atoms with van der Waals surface area (Å²) < 4.78 is 11.4. The molecule has 0 unspecified atom stereocenters. The molecule has 0 aromatic carbocycles. The second-order valence-corrected chi connectivity index (χ2v) is 6.12. The Balaban J connectivity index is 1.83. The molecule has 2 N–H and O–H groups in total. The van der Waals surface area contributed by atoms with E-state index in [1.807, 2.05) is 11.2 Å². The maximum atomic E-state index is 12.3. The molecule has 2 fully saturated rings. The van der Waals surface area contributed by atoms with Crippen LogP contribution in [0.1, 0.15) is 19.3 Å². The monoisotopic (exact) mass is 288 g/mol. The second-order valence-electron chi connectivity index (χ2n) is 5.13. The van der Waals surface area contributed by atoms with Crippen LogP contribution >= 0.6 is 11.8 Å². The third-order valence-corrected chi connectivity index (χ3v) is 4.38. The molecule has 0 saturated carbocycles. The number of thioether (sulfide) groups is 1. The van der Waals surface area contributed by atoms with Gasteiger partial charge in [0, 0.05) is 19.7 Å². The number of carbonyl (C=O) groups excluding carboxylic acids is 1. The molecule has 2 aliphatic heterocycles. The van der Waals surface area contributed by atoms with Crippen LogP contribution in [-0.4, -0.2) is 67.4 Å². The predicted octanol–water partition coefficient (Wildman–Crippen LogP) is 0.473. The largest absolute Gasteiger partial charge is 0.375 e. The van der Waals surface area contributed by atoms with E-state index in [2.05, 4.69) is 0 Å². The van der Waals surface area contributed by atoms with Crippen molar-refractivity contribution in [2.24, 2.45) is 5.73 Å². The van der Waals surface area contributed by atoms with Gasteiger partial charge in [-0.1, -0.05) is 0 Å². The van der Waals surface area contributed by atoms with Gasteiger partial charge in [-0.05, 0) is 31.3 Å². The summed E-state index contributed by atoms with van der Waals surface area (Å²) in [4.78, 5) is 14.1. The minimum absolute atomic E-state index is 0.0213. The number of hydrogen-bond donors (Lipinski definition) is 1. The summed E-state index contributed by atoms with van der Waals surface area (Å²) in [5.41, 5.74) is 5.96. The van der Waals surface area contributed by atoms with Gasteiger partial charge in [0.25, 0.3) is 0 Å². The van der Waals surface area contributed by atoms with Crippen LogP contribution in [0.5, 0.6) is 0 Å². The maximum absolute atomic E-state index is 12.3. The third-order valence-electron chi connectivity index (χ3n) is 3.73. The van der Waals surface area contributed by atoms with Crippen molar-refractivity contribution in [3.05, 3.63) is 0 Å². The van der Waals surface area contributed by atoms with E-state index < -0.39 is 0 Å². The van der Waals surface area contributed by atoms with E-state index in [9.17, 15) is 4.79 Å². The summed E-state index contributed by atoms with van der Waals surface area (Å²) in [6.45, 7) is 2.67. The minimum Gasteiger partial charge on any atom is -0.375 e. The number of nitrogens with two attached hydrogens (primary N) is 1. The van der Waals surface area contributed by atoms with Crippen LogP contribution in [0.3, 0.4) is 0 Å². The first-order valence-electron chi connectivity index (χ1n) is 6.99. The molecule has 0 aliphatic carbocycles. The topological polar surface area (TPSA) is 64.8 Å². The third kappa shape index (κ3) is 4.08. The molecule has 3 atom stereocenters. The van der Waals surface area contributed by atoms with Crippen LogP contribution in [0.2, 0.25) is 0 Å². The molecule has 0 bridgehead atoms. The Morgan fingerprint density at radius 3 is 2.89 bits per heavy atom. The molecule has 2 saturated heterocycles. The number of ether oxygens (including phenoxy) is 2. The Morgan fingerprint density at radius 1 is 1.42 bits per heavy atom. The molecular formula is C13H24N2O3S. The van der Waals surface area contributed by atoms with E-state index in [4.69, 9.17) is 15.2 Å². The molecular weight excluding hydrogens is 264 g/mol. The normalized spacial score (nSPS) is 29.5. The zero-order valence-corrected chi connectivity index (χ0v) is 12.4. The van der Waals surface area contributed by atoms with E-state index in [1.165, 1.54) is 0 Å². The first-order valence-corrected chi connectivity index (χ1v) is 8.38. The van der Waals surface area contributed by atoms with E-state index in [-0.39, 0.29) is 24.2 Å². The molecule has 0 aromatic heterocycles. The summed E-state index contributed by atoms with van der Waals surface area (Å²) in [7, 11) is 0. The maximum Gasteiger partial charge on any atom is 0.239 e. The molecule has 2 rings (SSSR count). The van der Waals surface area contributed by atoms with E-state index in [0.717, 1.165) is 31.6 Å². The fourth-order valence-corrected chi connectivity index (χ4v) is 3.09. The molecule has 1 amide bonds. The van der Waals surface area contributed by atoms with E-state index >= 15 is 0 Å². The van der Waals surface area contributed by atoms with Gasteiger partial charge in [0.15, 0.2) is 0 Å². The first kappa shape index (κ1) is 15.1. The van der Waals surface area contributed by atoms with Crippen LogP contribution < -0.4 is 5.73 Å². The van der Waals surface area contributed by atoms with Gasteiger partial charge in [0.2, 0.25) is 5.91 Å². The zero-order valence-electron chi connectivity index (χ0n) is 11.5. The highest BCUT2D eigenvalue weighted by Gasteiger charge is 2.33. The molecule has 0 spiro atoms. The van der Waals surface area contributed by atoms with Gasteiger partial charge in [0.05, 0.1) is 18.8 Å². The van der Waals surface area contributed by atoms with Crippen molar-refractivity contribution in [3.63, 3.8) is 0 Å². The Labute approximate surface area is 119 Å². The lowest BCUT2D eigenvalue weighted by atomic mass is 10.1. The summed E-state index contributed by atoms with van der Waals surface area (Å²) in [6.07, 6.45) is 5.06. The highest BCUT2D eigenvalue weighted by Crippen LogP contribution is 2.21.